The Balaban J connectivity index is 4.51. The molecule has 0 aromatic heterocycles. The zero-order chi connectivity index (χ0) is 41.4. The molecule has 0 saturated heterocycles. The third-order valence-corrected chi connectivity index (χ3v) is 9.70. The molecule has 0 aliphatic carbocycles. The van der Waals surface area contributed by atoms with Crippen LogP contribution in [0.3, 0.4) is 0 Å². The van der Waals surface area contributed by atoms with Crippen molar-refractivity contribution in [3.8, 4) is 0 Å². The molecule has 0 bridgehead atoms. The first-order chi connectivity index (χ1) is 27.0. The van der Waals surface area contributed by atoms with E-state index in [4.69, 9.17) is 18.5 Å². The van der Waals surface area contributed by atoms with Gasteiger partial charge in [-0.2, -0.15) is 0 Å². The molecule has 0 amide bonds. The van der Waals surface area contributed by atoms with Crippen molar-refractivity contribution in [3.05, 3.63) is 72.9 Å². The topological polar surface area (TPSA) is 108 Å². The minimum atomic E-state index is -4.40. The Hall–Kier alpha value is -2.55. The van der Waals surface area contributed by atoms with E-state index in [0.29, 0.717) is 23.9 Å². The van der Waals surface area contributed by atoms with Crippen LogP contribution < -0.4 is 0 Å². The monoisotopic (exact) mass is 807 g/mol. The number of quaternary nitrogens is 1. The van der Waals surface area contributed by atoms with E-state index in [1.807, 2.05) is 21.1 Å². The maximum Gasteiger partial charge on any atom is 0.472 e. The van der Waals surface area contributed by atoms with Crippen molar-refractivity contribution in [3.63, 3.8) is 0 Å². The minimum Gasteiger partial charge on any atom is -0.462 e. The van der Waals surface area contributed by atoms with Crippen LogP contribution >= 0.6 is 7.82 Å². The largest absolute Gasteiger partial charge is 0.472 e. The van der Waals surface area contributed by atoms with Gasteiger partial charge in [-0.05, 0) is 77.0 Å². The van der Waals surface area contributed by atoms with Crippen LogP contribution in [0.1, 0.15) is 155 Å². The lowest BCUT2D eigenvalue weighted by Crippen LogP contribution is -2.37. The first kappa shape index (κ1) is 53.5. The first-order valence-electron chi connectivity index (χ1n) is 21.7. The zero-order valence-electron chi connectivity index (χ0n) is 36.1. The van der Waals surface area contributed by atoms with Crippen molar-refractivity contribution in [2.24, 2.45) is 0 Å². The molecule has 2 atom stereocenters. The van der Waals surface area contributed by atoms with E-state index in [1.54, 1.807) is 0 Å². The summed E-state index contributed by atoms with van der Waals surface area (Å²) >= 11 is 0. The molecule has 0 aromatic carbocycles. The molecule has 0 heterocycles. The SMILES string of the molecule is CC/C=C/C/C=C/C/C=C/C/C=C/CCCCC(=O)O[C@H](COC(=O)CCC/C=C/C/C=C/CCCCCCCCCCC)COP(=O)(O)OCC[N+](C)(C)C. The van der Waals surface area contributed by atoms with Crippen LogP contribution in [-0.2, 0) is 32.7 Å². The maximum absolute atomic E-state index is 12.7. The average Bonchev–Trinajstić information content (AvgIpc) is 3.15. The number of phosphoric ester groups is 1. The molecular formula is C46H81NO8P+. The van der Waals surface area contributed by atoms with Crippen LogP contribution in [0.4, 0.5) is 0 Å². The summed E-state index contributed by atoms with van der Waals surface area (Å²) in [6, 6.07) is 0. The fourth-order valence-electron chi connectivity index (χ4n) is 5.34. The summed E-state index contributed by atoms with van der Waals surface area (Å²) in [4.78, 5) is 35.3. The molecule has 0 spiro atoms. The summed E-state index contributed by atoms with van der Waals surface area (Å²) in [6.45, 7) is 4.19. The number of phosphoric acid groups is 1. The van der Waals surface area contributed by atoms with Crippen LogP contribution in [-0.4, -0.2) is 74.9 Å². The van der Waals surface area contributed by atoms with Gasteiger partial charge in [0.05, 0.1) is 27.7 Å². The second kappa shape index (κ2) is 38.0. The van der Waals surface area contributed by atoms with Gasteiger partial charge >= 0.3 is 19.8 Å². The third kappa shape index (κ3) is 41.1. The predicted octanol–water partition coefficient (Wildman–Crippen LogP) is 12.2. The lowest BCUT2D eigenvalue weighted by Gasteiger charge is -2.24. The molecule has 0 fully saturated rings. The lowest BCUT2D eigenvalue weighted by molar-refractivity contribution is -0.870. The molecule has 0 rings (SSSR count). The van der Waals surface area contributed by atoms with Gasteiger partial charge in [-0.25, -0.2) is 4.57 Å². The van der Waals surface area contributed by atoms with E-state index in [2.05, 4.69) is 86.8 Å². The lowest BCUT2D eigenvalue weighted by atomic mass is 10.1. The molecule has 0 aliphatic heterocycles. The summed E-state index contributed by atoms with van der Waals surface area (Å²) in [5.74, 6) is -0.907. The highest BCUT2D eigenvalue weighted by molar-refractivity contribution is 7.47. The summed E-state index contributed by atoms with van der Waals surface area (Å²) in [7, 11) is 1.42. The van der Waals surface area contributed by atoms with E-state index in [0.717, 1.165) is 57.8 Å². The zero-order valence-corrected chi connectivity index (χ0v) is 37.0. The van der Waals surface area contributed by atoms with Gasteiger partial charge in [0.2, 0.25) is 0 Å². The summed E-state index contributed by atoms with van der Waals surface area (Å²) < 4.78 is 34.2. The Kier molecular flexibility index (Phi) is 36.3. The summed E-state index contributed by atoms with van der Waals surface area (Å²) in [5, 5.41) is 0. The van der Waals surface area contributed by atoms with Gasteiger partial charge in [-0.3, -0.25) is 18.6 Å². The third-order valence-electron chi connectivity index (χ3n) is 8.72. The van der Waals surface area contributed by atoms with Crippen LogP contribution in [0.5, 0.6) is 0 Å². The van der Waals surface area contributed by atoms with Crippen molar-refractivity contribution in [2.75, 3.05) is 47.5 Å². The number of hydrogen-bond donors (Lipinski definition) is 1. The van der Waals surface area contributed by atoms with E-state index in [1.165, 1.54) is 57.8 Å². The van der Waals surface area contributed by atoms with Crippen molar-refractivity contribution in [1.29, 1.82) is 0 Å². The first-order valence-corrected chi connectivity index (χ1v) is 23.2. The average molecular weight is 807 g/mol. The van der Waals surface area contributed by atoms with Crippen LogP contribution in [0.25, 0.3) is 0 Å². The number of ether oxygens (including phenoxy) is 2. The number of nitrogens with zero attached hydrogens (tertiary/aromatic N) is 1. The van der Waals surface area contributed by atoms with Gasteiger partial charge in [-0.15, -0.1) is 0 Å². The number of unbranched alkanes of at least 4 members (excludes halogenated alkanes) is 12. The Morgan fingerprint density at radius 3 is 1.57 bits per heavy atom. The highest BCUT2D eigenvalue weighted by Crippen LogP contribution is 2.43. The fraction of sp³-hybridized carbons (Fsp3) is 0.696. The van der Waals surface area contributed by atoms with Crippen molar-refractivity contribution < 1.29 is 42.1 Å². The molecule has 0 aliphatic rings. The molecule has 0 saturated carbocycles. The van der Waals surface area contributed by atoms with Gasteiger partial charge in [0.1, 0.15) is 19.8 Å². The number of esters is 2. The van der Waals surface area contributed by atoms with Crippen molar-refractivity contribution >= 4 is 19.8 Å². The summed E-state index contributed by atoms with van der Waals surface area (Å²) in [5.41, 5.74) is 0. The van der Waals surface area contributed by atoms with E-state index >= 15 is 0 Å². The summed E-state index contributed by atoms with van der Waals surface area (Å²) in [6.07, 6.45) is 46.8. The molecule has 56 heavy (non-hydrogen) atoms. The second-order valence-electron chi connectivity index (χ2n) is 15.3. The van der Waals surface area contributed by atoms with Crippen LogP contribution in [0.15, 0.2) is 72.9 Å². The quantitative estimate of drug-likeness (QED) is 0.0216. The molecular weight excluding hydrogens is 725 g/mol. The highest BCUT2D eigenvalue weighted by Gasteiger charge is 2.27. The van der Waals surface area contributed by atoms with Gasteiger partial charge in [0, 0.05) is 12.8 Å². The molecule has 1 unspecified atom stereocenters. The number of carbonyl (C=O) groups excluding carboxylic acids is 2. The molecule has 0 aromatic rings. The Bertz CT molecular complexity index is 1180. The minimum absolute atomic E-state index is 0.0140. The second-order valence-corrected chi connectivity index (χ2v) is 16.8. The number of allylic oxidation sites excluding steroid dienone is 12. The Morgan fingerprint density at radius 1 is 0.571 bits per heavy atom. The standard InChI is InChI=1S/C46H80NO8P/c1-6-8-10-12-14-16-18-20-22-23-25-26-28-30-32-34-36-38-45(48)52-42-44(43-54-56(50,51)53-41-40-47(3,4)5)55-46(49)39-37-35-33-31-29-27-24-21-19-17-15-13-11-9-7-2/h9,11,15,17,21,24-26,29-32,44H,6-8,10,12-14,16,18-20,22-23,27-28,33-43H2,1-5H3/p+1/b11-9+,17-15+,24-21+,26-25+,31-29+,32-30+/t44-/m1/s1. The fourth-order valence-corrected chi connectivity index (χ4v) is 6.08. The van der Waals surface area contributed by atoms with E-state index < -0.39 is 32.5 Å². The number of carbonyl (C=O) groups is 2. The van der Waals surface area contributed by atoms with Gasteiger partial charge < -0.3 is 18.9 Å². The number of likely N-dealkylation sites (N-methyl/N-ethyl adjacent to an activating group) is 1. The molecule has 9 nitrogen and oxygen atoms in total. The highest BCUT2D eigenvalue weighted by atomic mass is 31.2. The molecule has 322 valence electrons. The molecule has 0 radical (unpaired) electrons. The Morgan fingerprint density at radius 2 is 1.04 bits per heavy atom. The van der Waals surface area contributed by atoms with Crippen LogP contribution in [0.2, 0.25) is 0 Å². The smallest absolute Gasteiger partial charge is 0.462 e. The molecule has 1 N–H and O–H groups in total. The normalized spacial score (nSPS) is 14.3. The van der Waals surface area contributed by atoms with Crippen molar-refractivity contribution in [1.82, 2.24) is 0 Å². The van der Waals surface area contributed by atoms with E-state index in [-0.39, 0.29) is 26.1 Å². The van der Waals surface area contributed by atoms with Gasteiger partial charge in [0.25, 0.3) is 0 Å². The number of rotatable bonds is 38. The molecule has 10 heteroatoms. The van der Waals surface area contributed by atoms with E-state index in [9.17, 15) is 19.0 Å². The van der Waals surface area contributed by atoms with Gasteiger partial charge in [0.15, 0.2) is 6.10 Å². The van der Waals surface area contributed by atoms with Crippen molar-refractivity contribution in [2.45, 2.75) is 161 Å². The predicted molar refractivity (Wildman–Crippen MR) is 233 cm³/mol. The maximum atomic E-state index is 12.7. The Labute approximate surface area is 342 Å². The number of hydrogen-bond acceptors (Lipinski definition) is 7. The van der Waals surface area contributed by atoms with Gasteiger partial charge in [-0.1, -0.05) is 138 Å². The van der Waals surface area contributed by atoms with Crippen LogP contribution in [0, 0.1) is 0 Å².